The van der Waals surface area contributed by atoms with Gasteiger partial charge in [0, 0.05) is 68.0 Å². The van der Waals surface area contributed by atoms with Crippen LogP contribution in [0.2, 0.25) is 0 Å². The van der Waals surface area contributed by atoms with E-state index in [0.717, 1.165) is 87.6 Å². The zero-order valence-electron chi connectivity index (χ0n) is 25.2. The molecule has 0 radical (unpaired) electrons. The van der Waals surface area contributed by atoms with Crippen molar-refractivity contribution in [3.05, 3.63) is 95.3 Å². The Hall–Kier alpha value is -4.84. The van der Waals surface area contributed by atoms with Crippen LogP contribution >= 0.6 is 0 Å². The van der Waals surface area contributed by atoms with Crippen molar-refractivity contribution in [1.29, 1.82) is 0 Å². The van der Waals surface area contributed by atoms with Crippen LogP contribution < -0.4 is 15.5 Å². The molecular formula is C33H36F2N8O2. The van der Waals surface area contributed by atoms with Crippen LogP contribution in [0.1, 0.15) is 45.7 Å². The van der Waals surface area contributed by atoms with Crippen LogP contribution in [0.25, 0.3) is 5.69 Å². The first-order valence-corrected chi connectivity index (χ1v) is 15.2. The smallest absolute Gasteiger partial charge is 0.256 e. The van der Waals surface area contributed by atoms with Crippen molar-refractivity contribution < 1.29 is 18.4 Å². The summed E-state index contributed by atoms with van der Waals surface area (Å²) in [4.78, 5) is 32.8. The number of hydrogen-bond donors (Lipinski definition) is 2. The Morgan fingerprint density at radius 1 is 0.844 bits per heavy atom. The predicted molar refractivity (Wildman–Crippen MR) is 169 cm³/mol. The molecule has 3 heterocycles. The summed E-state index contributed by atoms with van der Waals surface area (Å²) in [6.07, 6.45) is 5.00. The van der Waals surface area contributed by atoms with E-state index >= 15 is 0 Å². The van der Waals surface area contributed by atoms with E-state index in [0.29, 0.717) is 29.7 Å². The maximum absolute atomic E-state index is 13.7. The van der Waals surface area contributed by atoms with Gasteiger partial charge in [-0.15, -0.1) is 5.10 Å². The number of carbonyl (C=O) groups excluding carboxylic acids is 2. The maximum atomic E-state index is 13.7. The molecule has 2 amide bonds. The van der Waals surface area contributed by atoms with Crippen molar-refractivity contribution in [1.82, 2.24) is 24.8 Å². The van der Waals surface area contributed by atoms with Gasteiger partial charge in [-0.3, -0.25) is 9.59 Å². The summed E-state index contributed by atoms with van der Waals surface area (Å²) >= 11 is 0. The molecule has 2 fully saturated rings. The number of piperidine rings is 1. The Balaban J connectivity index is 1.14. The van der Waals surface area contributed by atoms with Crippen molar-refractivity contribution in [3.8, 4) is 5.69 Å². The quantitative estimate of drug-likeness (QED) is 0.295. The van der Waals surface area contributed by atoms with Gasteiger partial charge in [0.05, 0.1) is 24.0 Å². The molecular weight excluding hydrogens is 578 g/mol. The van der Waals surface area contributed by atoms with Gasteiger partial charge in [0.2, 0.25) is 0 Å². The fourth-order valence-corrected chi connectivity index (χ4v) is 5.72. The van der Waals surface area contributed by atoms with Gasteiger partial charge in [0.15, 0.2) is 0 Å². The normalized spacial score (nSPS) is 15.6. The van der Waals surface area contributed by atoms with E-state index in [1.54, 1.807) is 35.1 Å². The van der Waals surface area contributed by atoms with Crippen molar-refractivity contribution in [2.45, 2.75) is 25.8 Å². The molecule has 2 aliphatic rings. The molecule has 2 aliphatic heterocycles. The highest BCUT2D eigenvalue weighted by Crippen LogP contribution is 2.28. The second kappa shape index (κ2) is 13.4. The molecule has 10 nitrogen and oxygen atoms in total. The van der Waals surface area contributed by atoms with E-state index in [4.69, 9.17) is 0 Å². The molecule has 6 rings (SSSR count). The van der Waals surface area contributed by atoms with Crippen LogP contribution in [0.5, 0.6) is 0 Å². The van der Waals surface area contributed by atoms with E-state index in [-0.39, 0.29) is 11.5 Å². The lowest BCUT2D eigenvalue weighted by molar-refractivity contribution is 0.0724. The first-order chi connectivity index (χ1) is 21.8. The molecule has 0 bridgehead atoms. The number of piperazine rings is 1. The summed E-state index contributed by atoms with van der Waals surface area (Å²) in [6, 6.07) is 15.6. The highest BCUT2D eigenvalue weighted by molar-refractivity contribution is 6.04. The second-order valence-electron chi connectivity index (χ2n) is 11.5. The number of nitrogens with one attached hydrogen (secondary N) is 2. The SMILES string of the molecule is CN1CCN(c2ccc(NCc3cn(-c4cccc(NC(=O)c5cc(F)cc(F)c5)c4)nn3)cc2C(=O)N2CCCCC2)CC1. The fraction of sp³-hybridized carbons (Fsp3) is 0.333. The molecule has 1 aromatic heterocycles. The molecule has 4 aromatic rings. The van der Waals surface area contributed by atoms with E-state index in [9.17, 15) is 18.4 Å². The average Bonchev–Trinajstić information content (AvgIpc) is 3.53. The van der Waals surface area contributed by atoms with Gasteiger partial charge in [0.1, 0.15) is 17.3 Å². The Bertz CT molecular complexity index is 1660. The Morgan fingerprint density at radius 3 is 2.36 bits per heavy atom. The molecule has 3 aromatic carbocycles. The van der Waals surface area contributed by atoms with E-state index in [2.05, 4.69) is 37.8 Å². The number of benzene rings is 3. The molecule has 0 saturated carbocycles. The van der Waals surface area contributed by atoms with Gasteiger partial charge in [0.25, 0.3) is 11.8 Å². The lowest BCUT2D eigenvalue weighted by atomic mass is 10.1. The van der Waals surface area contributed by atoms with Crippen molar-refractivity contribution in [2.75, 3.05) is 61.8 Å². The molecule has 0 aliphatic carbocycles. The third kappa shape index (κ3) is 7.28. The summed E-state index contributed by atoms with van der Waals surface area (Å²) in [5.41, 5.74) is 4.14. The highest BCUT2D eigenvalue weighted by Gasteiger charge is 2.25. The van der Waals surface area contributed by atoms with Crippen molar-refractivity contribution in [3.63, 3.8) is 0 Å². The molecule has 0 atom stereocenters. The third-order valence-corrected chi connectivity index (χ3v) is 8.22. The summed E-state index contributed by atoms with van der Waals surface area (Å²) in [6.45, 7) is 5.62. The molecule has 2 saturated heterocycles. The molecule has 234 valence electrons. The number of rotatable bonds is 8. The maximum Gasteiger partial charge on any atom is 0.256 e. The Kier molecular flexibility index (Phi) is 9.01. The van der Waals surface area contributed by atoms with Crippen molar-refractivity contribution in [2.24, 2.45) is 0 Å². The third-order valence-electron chi connectivity index (χ3n) is 8.22. The van der Waals surface area contributed by atoms with Gasteiger partial charge in [-0.25, -0.2) is 13.5 Å². The highest BCUT2D eigenvalue weighted by atomic mass is 19.1. The molecule has 2 N–H and O–H groups in total. The Morgan fingerprint density at radius 2 is 1.60 bits per heavy atom. The van der Waals surface area contributed by atoms with E-state index in [1.807, 2.05) is 23.1 Å². The number of likely N-dealkylation sites (N-methyl/N-ethyl adjacent to an activating group) is 1. The lowest BCUT2D eigenvalue weighted by Crippen LogP contribution is -2.45. The zero-order valence-corrected chi connectivity index (χ0v) is 25.2. The monoisotopic (exact) mass is 614 g/mol. The average molecular weight is 615 g/mol. The molecule has 45 heavy (non-hydrogen) atoms. The second-order valence-corrected chi connectivity index (χ2v) is 11.5. The van der Waals surface area contributed by atoms with Gasteiger partial charge < -0.3 is 25.3 Å². The molecule has 0 unspecified atom stereocenters. The summed E-state index contributed by atoms with van der Waals surface area (Å²) < 4.78 is 28.7. The summed E-state index contributed by atoms with van der Waals surface area (Å²) in [5.74, 6) is -2.21. The molecule has 12 heteroatoms. The van der Waals surface area contributed by atoms with E-state index < -0.39 is 17.5 Å². The van der Waals surface area contributed by atoms with Crippen LogP contribution in [0, 0.1) is 11.6 Å². The number of hydrogen-bond acceptors (Lipinski definition) is 7. The minimum absolute atomic E-state index is 0.0766. The van der Waals surface area contributed by atoms with Crippen LogP contribution in [0.3, 0.4) is 0 Å². The predicted octanol–water partition coefficient (Wildman–Crippen LogP) is 4.79. The van der Waals surface area contributed by atoms with Crippen LogP contribution in [-0.2, 0) is 6.54 Å². The number of aromatic nitrogens is 3. The topological polar surface area (TPSA) is 98.6 Å². The van der Waals surface area contributed by atoms with Crippen LogP contribution in [0.15, 0.2) is 66.9 Å². The van der Waals surface area contributed by atoms with Crippen molar-refractivity contribution >= 4 is 28.9 Å². The van der Waals surface area contributed by atoms with Crippen LogP contribution in [-0.4, -0.2) is 82.9 Å². The first-order valence-electron chi connectivity index (χ1n) is 15.2. The lowest BCUT2D eigenvalue weighted by Gasteiger charge is -2.36. The van der Waals surface area contributed by atoms with Gasteiger partial charge in [-0.2, -0.15) is 0 Å². The number of halogens is 2. The number of nitrogens with zero attached hydrogens (tertiary/aromatic N) is 6. The number of anilines is 3. The number of amides is 2. The fourth-order valence-electron chi connectivity index (χ4n) is 5.72. The van der Waals surface area contributed by atoms with Crippen LogP contribution in [0.4, 0.5) is 25.8 Å². The molecule has 0 spiro atoms. The Labute approximate surface area is 260 Å². The largest absolute Gasteiger partial charge is 0.379 e. The minimum atomic E-state index is -0.826. The summed E-state index contributed by atoms with van der Waals surface area (Å²) in [5, 5.41) is 14.6. The number of carbonyl (C=O) groups is 2. The zero-order chi connectivity index (χ0) is 31.3. The van der Waals surface area contributed by atoms with Gasteiger partial charge in [-0.1, -0.05) is 11.3 Å². The first kappa shape index (κ1) is 30.2. The van der Waals surface area contributed by atoms with Gasteiger partial charge >= 0.3 is 0 Å². The van der Waals surface area contributed by atoms with E-state index in [1.165, 1.54) is 0 Å². The van der Waals surface area contributed by atoms with Gasteiger partial charge in [-0.05, 0) is 74.8 Å². The standard InChI is InChI=1S/C33H36F2N8O2/c1-40-12-14-41(15-13-40)31-9-8-26(20-30(31)33(45)42-10-3-2-4-11-42)36-21-28-22-43(39-38-28)29-7-5-6-27(19-29)37-32(44)23-16-24(34)18-25(35)17-23/h5-9,16-20,22,36H,2-4,10-15,21H2,1H3,(H,37,44). The summed E-state index contributed by atoms with van der Waals surface area (Å²) in [7, 11) is 2.12. The number of likely N-dealkylation sites (tertiary alicyclic amines) is 1. The minimum Gasteiger partial charge on any atom is -0.379 e.